The molecule has 2 atom stereocenters. The second kappa shape index (κ2) is 3.55. The zero-order chi connectivity index (χ0) is 8.43. The lowest BCUT2D eigenvalue weighted by molar-refractivity contribution is -0.134. The number of rotatable bonds is 1. The fraction of sp³-hybridized carbons (Fsp3) is 1.00. The van der Waals surface area contributed by atoms with Crippen LogP contribution in [0.5, 0.6) is 0 Å². The van der Waals surface area contributed by atoms with Crippen molar-refractivity contribution in [2.45, 2.75) is 39.5 Å². The van der Waals surface area contributed by atoms with Crippen molar-refractivity contribution in [2.24, 2.45) is 5.92 Å². The van der Waals surface area contributed by atoms with E-state index in [1.54, 1.807) is 0 Å². The summed E-state index contributed by atoms with van der Waals surface area (Å²) >= 11 is 0. The van der Waals surface area contributed by atoms with E-state index in [1.165, 1.54) is 13.0 Å². The molecule has 1 rings (SSSR count). The third kappa shape index (κ3) is 2.17. The van der Waals surface area contributed by atoms with Gasteiger partial charge in [0, 0.05) is 6.54 Å². The lowest BCUT2D eigenvalue weighted by Gasteiger charge is -2.37. The molecule has 0 saturated carbocycles. The monoisotopic (exact) mass is 157 g/mol. The van der Waals surface area contributed by atoms with Crippen LogP contribution in [0.15, 0.2) is 0 Å². The van der Waals surface area contributed by atoms with Gasteiger partial charge in [-0.15, -0.1) is 0 Å². The molecule has 0 aliphatic carbocycles. The fourth-order valence-electron chi connectivity index (χ4n) is 1.43. The molecular formula is C9H19NO. The summed E-state index contributed by atoms with van der Waals surface area (Å²) < 4.78 is 5.79. The number of hydrogen-bond donors (Lipinski definition) is 0. The average Bonchev–Trinajstić information content (AvgIpc) is 1.94. The van der Waals surface area contributed by atoms with Crippen molar-refractivity contribution in [2.75, 3.05) is 13.6 Å². The van der Waals surface area contributed by atoms with E-state index < -0.39 is 0 Å². The molecule has 1 aliphatic heterocycles. The Bertz CT molecular complexity index is 125. The molecule has 0 aromatic heterocycles. The zero-order valence-corrected chi connectivity index (χ0v) is 8.00. The van der Waals surface area contributed by atoms with Crippen LogP contribution < -0.4 is 0 Å². The van der Waals surface area contributed by atoms with Crippen LogP contribution in [0.3, 0.4) is 0 Å². The molecule has 0 bridgehead atoms. The van der Waals surface area contributed by atoms with Crippen molar-refractivity contribution >= 4 is 0 Å². The third-order valence-corrected chi connectivity index (χ3v) is 2.50. The Balaban J connectivity index is 2.40. The minimum Gasteiger partial charge on any atom is -0.360 e. The predicted octanol–water partition coefficient (Wildman–Crippen LogP) is 1.71. The molecule has 0 spiro atoms. The van der Waals surface area contributed by atoms with Crippen LogP contribution in [-0.4, -0.2) is 30.8 Å². The molecule has 1 fully saturated rings. The zero-order valence-electron chi connectivity index (χ0n) is 8.00. The van der Waals surface area contributed by atoms with Gasteiger partial charge in [-0.3, -0.25) is 4.90 Å². The molecule has 1 unspecified atom stereocenters. The highest BCUT2D eigenvalue weighted by atomic mass is 16.5. The Labute approximate surface area is 69.5 Å². The van der Waals surface area contributed by atoms with Gasteiger partial charge < -0.3 is 4.74 Å². The van der Waals surface area contributed by atoms with Crippen molar-refractivity contribution in [3.05, 3.63) is 0 Å². The van der Waals surface area contributed by atoms with Crippen LogP contribution in [-0.2, 0) is 4.74 Å². The maximum absolute atomic E-state index is 5.79. The summed E-state index contributed by atoms with van der Waals surface area (Å²) in [6.07, 6.45) is 1.95. The van der Waals surface area contributed by atoms with E-state index in [4.69, 9.17) is 4.74 Å². The van der Waals surface area contributed by atoms with E-state index in [-0.39, 0.29) is 0 Å². The van der Waals surface area contributed by atoms with Gasteiger partial charge in [0.15, 0.2) is 0 Å². The Kier molecular flexibility index (Phi) is 2.90. The van der Waals surface area contributed by atoms with Crippen molar-refractivity contribution in [1.29, 1.82) is 0 Å². The maximum atomic E-state index is 5.79. The van der Waals surface area contributed by atoms with E-state index >= 15 is 0 Å². The quantitative estimate of drug-likeness (QED) is 0.574. The van der Waals surface area contributed by atoms with Crippen molar-refractivity contribution < 1.29 is 4.74 Å². The van der Waals surface area contributed by atoms with E-state index in [9.17, 15) is 0 Å². The van der Waals surface area contributed by atoms with Gasteiger partial charge in [-0.1, -0.05) is 13.8 Å². The van der Waals surface area contributed by atoms with Gasteiger partial charge in [0.2, 0.25) is 0 Å². The molecule has 0 aromatic carbocycles. The normalized spacial score (nSPS) is 34.6. The first kappa shape index (κ1) is 9.01. The van der Waals surface area contributed by atoms with Gasteiger partial charge in [-0.05, 0) is 26.3 Å². The minimum absolute atomic E-state index is 0.302. The maximum Gasteiger partial charge on any atom is 0.107 e. The van der Waals surface area contributed by atoms with Gasteiger partial charge in [0.1, 0.15) is 6.23 Å². The van der Waals surface area contributed by atoms with Gasteiger partial charge in [0.25, 0.3) is 0 Å². The highest BCUT2D eigenvalue weighted by molar-refractivity contribution is 4.71. The molecule has 1 aliphatic rings. The summed E-state index contributed by atoms with van der Waals surface area (Å²) in [4.78, 5) is 2.25. The second-order valence-electron chi connectivity index (χ2n) is 3.79. The largest absolute Gasteiger partial charge is 0.360 e. The standard InChI is InChI=1S/C9H19NO/c1-7(2)9-5-6-10(4)8(3)11-9/h7-9H,5-6H2,1-4H3/t8-,9?/m0/s1. The molecule has 0 radical (unpaired) electrons. The van der Waals surface area contributed by atoms with Crippen molar-refractivity contribution in [1.82, 2.24) is 4.90 Å². The fourth-order valence-corrected chi connectivity index (χ4v) is 1.43. The predicted molar refractivity (Wildman–Crippen MR) is 46.4 cm³/mol. The molecule has 0 aromatic rings. The lowest BCUT2D eigenvalue weighted by Crippen LogP contribution is -2.43. The summed E-state index contributed by atoms with van der Waals surface area (Å²) in [6, 6.07) is 0. The Hall–Kier alpha value is -0.0800. The molecular weight excluding hydrogens is 138 g/mol. The molecule has 1 heterocycles. The SMILES string of the molecule is CC(C)C1CCN(C)[C@H](C)O1. The molecule has 11 heavy (non-hydrogen) atoms. The van der Waals surface area contributed by atoms with Crippen LogP contribution in [0.4, 0.5) is 0 Å². The van der Waals surface area contributed by atoms with E-state index in [1.807, 2.05) is 0 Å². The topological polar surface area (TPSA) is 12.5 Å². The molecule has 0 amide bonds. The average molecular weight is 157 g/mol. The van der Waals surface area contributed by atoms with E-state index in [0.717, 1.165) is 0 Å². The van der Waals surface area contributed by atoms with E-state index in [0.29, 0.717) is 18.2 Å². The van der Waals surface area contributed by atoms with Gasteiger partial charge >= 0.3 is 0 Å². The minimum atomic E-state index is 0.302. The Morgan fingerprint density at radius 3 is 2.55 bits per heavy atom. The van der Waals surface area contributed by atoms with Gasteiger partial charge in [-0.2, -0.15) is 0 Å². The molecule has 2 nitrogen and oxygen atoms in total. The smallest absolute Gasteiger partial charge is 0.107 e. The highest BCUT2D eigenvalue weighted by Crippen LogP contribution is 2.19. The molecule has 2 heteroatoms. The highest BCUT2D eigenvalue weighted by Gasteiger charge is 2.24. The third-order valence-electron chi connectivity index (χ3n) is 2.50. The summed E-state index contributed by atoms with van der Waals surface area (Å²) in [5.41, 5.74) is 0. The summed E-state index contributed by atoms with van der Waals surface area (Å²) in [5.74, 6) is 0.658. The number of ether oxygens (including phenoxy) is 1. The Morgan fingerprint density at radius 1 is 1.45 bits per heavy atom. The summed E-state index contributed by atoms with van der Waals surface area (Å²) in [6.45, 7) is 7.74. The first-order chi connectivity index (χ1) is 5.11. The van der Waals surface area contributed by atoms with E-state index in [2.05, 4.69) is 32.7 Å². The van der Waals surface area contributed by atoms with Crippen molar-refractivity contribution in [3.63, 3.8) is 0 Å². The molecule has 66 valence electrons. The van der Waals surface area contributed by atoms with Crippen LogP contribution >= 0.6 is 0 Å². The lowest BCUT2D eigenvalue weighted by atomic mass is 10.0. The summed E-state index contributed by atoms with van der Waals surface area (Å²) in [7, 11) is 2.11. The van der Waals surface area contributed by atoms with Crippen molar-refractivity contribution in [3.8, 4) is 0 Å². The second-order valence-corrected chi connectivity index (χ2v) is 3.79. The van der Waals surface area contributed by atoms with Gasteiger partial charge in [-0.25, -0.2) is 0 Å². The first-order valence-corrected chi connectivity index (χ1v) is 4.47. The summed E-state index contributed by atoms with van der Waals surface area (Å²) in [5, 5.41) is 0. The molecule has 1 saturated heterocycles. The number of hydrogen-bond acceptors (Lipinski definition) is 2. The van der Waals surface area contributed by atoms with Crippen LogP contribution in [0.2, 0.25) is 0 Å². The van der Waals surface area contributed by atoms with Gasteiger partial charge in [0.05, 0.1) is 6.10 Å². The van der Waals surface area contributed by atoms with Crippen LogP contribution in [0.25, 0.3) is 0 Å². The van der Waals surface area contributed by atoms with Crippen LogP contribution in [0.1, 0.15) is 27.2 Å². The first-order valence-electron chi connectivity index (χ1n) is 4.47. The van der Waals surface area contributed by atoms with Crippen LogP contribution in [0, 0.1) is 5.92 Å². The number of nitrogens with zero attached hydrogens (tertiary/aromatic N) is 1. The Morgan fingerprint density at radius 2 is 2.09 bits per heavy atom. The molecule has 0 N–H and O–H groups in total.